The van der Waals surface area contributed by atoms with Crippen molar-refractivity contribution in [2.75, 3.05) is 32.1 Å². The van der Waals surface area contributed by atoms with Crippen molar-refractivity contribution in [1.82, 2.24) is 10.0 Å². The van der Waals surface area contributed by atoms with Crippen LogP contribution in [0.2, 0.25) is 0 Å². The van der Waals surface area contributed by atoms with Gasteiger partial charge in [0.25, 0.3) is 0 Å². The number of carbonyl (C=O) groups excluding carboxylic acids is 1. The van der Waals surface area contributed by atoms with E-state index in [2.05, 4.69) is 10.3 Å². The fourth-order valence-corrected chi connectivity index (χ4v) is 3.59. The second kappa shape index (κ2) is 12.4. The number of nitrogens with one attached hydrogen (secondary N) is 1. The van der Waals surface area contributed by atoms with Crippen LogP contribution in [0.1, 0.15) is 45.6 Å². The number of methoxy groups -OCH3 is 1. The van der Waals surface area contributed by atoms with Gasteiger partial charge >= 0.3 is 6.16 Å². The van der Waals surface area contributed by atoms with Gasteiger partial charge in [-0.05, 0) is 38.8 Å². The van der Waals surface area contributed by atoms with Crippen LogP contribution in [0, 0.1) is 12.7 Å². The zero-order chi connectivity index (χ0) is 25.4. The maximum Gasteiger partial charge on any atom is 0.528 e. The molecule has 1 fully saturated rings. The largest absolute Gasteiger partial charge is 0.528 e. The minimum Gasteiger partial charge on any atom is -0.491 e. The Kier molecular flexibility index (Phi) is 9.36. The molecule has 10 heteroatoms. The van der Waals surface area contributed by atoms with E-state index < -0.39 is 12.0 Å². The lowest BCUT2D eigenvalue weighted by molar-refractivity contribution is -0.151. The summed E-state index contributed by atoms with van der Waals surface area (Å²) in [5.74, 6) is 1.11. The molecular weight excluding hydrogens is 457 g/mol. The van der Waals surface area contributed by atoms with Crippen LogP contribution in [0.3, 0.4) is 0 Å². The summed E-state index contributed by atoms with van der Waals surface area (Å²) in [5.41, 5.74) is 1.35. The number of benzene rings is 1. The van der Waals surface area contributed by atoms with Crippen molar-refractivity contribution in [2.45, 2.75) is 59.2 Å². The number of carbonyl (C=O) groups is 1. The predicted molar refractivity (Wildman–Crippen MR) is 129 cm³/mol. The van der Waals surface area contributed by atoms with E-state index in [1.807, 2.05) is 13.8 Å². The molecule has 2 aromatic rings. The number of nitrogens with zero attached hydrogens (tertiary/aromatic N) is 2. The third-order valence-corrected chi connectivity index (χ3v) is 5.30. The summed E-state index contributed by atoms with van der Waals surface area (Å²) in [6.07, 6.45) is 2.64. The topological polar surface area (TPSA) is 91.4 Å². The summed E-state index contributed by atoms with van der Waals surface area (Å²) in [6, 6.07) is 4.77. The second-order valence-corrected chi connectivity index (χ2v) is 8.52. The van der Waals surface area contributed by atoms with Crippen LogP contribution in [-0.2, 0) is 9.57 Å². The monoisotopic (exact) mass is 491 g/mol. The maximum absolute atomic E-state index is 14.5. The molecule has 35 heavy (non-hydrogen) atoms. The number of aromatic nitrogens is 1. The van der Waals surface area contributed by atoms with Gasteiger partial charge in [-0.15, -0.1) is 5.06 Å². The summed E-state index contributed by atoms with van der Waals surface area (Å²) < 4.78 is 36.8. The van der Waals surface area contributed by atoms with Crippen molar-refractivity contribution >= 4 is 17.7 Å². The Bertz CT molecular complexity index is 995. The molecule has 1 aliphatic rings. The van der Waals surface area contributed by atoms with Crippen LogP contribution < -0.4 is 19.5 Å². The number of hydroxylamine groups is 2. The van der Waals surface area contributed by atoms with Crippen LogP contribution in [0.15, 0.2) is 24.4 Å². The van der Waals surface area contributed by atoms with E-state index in [0.717, 1.165) is 12.0 Å². The van der Waals surface area contributed by atoms with Crippen molar-refractivity contribution in [2.24, 2.45) is 0 Å². The second-order valence-electron chi connectivity index (χ2n) is 8.52. The van der Waals surface area contributed by atoms with E-state index >= 15 is 0 Å². The standard InChI is InChI=1S/C25H34FN3O6/c1-6-13-32-22-14-17(4)20(15-19(22)26)28-24-23(31-5)21(7-10-27-24)34-18-8-11-29(12-9-18)35-25(30)33-16(2)3/h7,10,14-16,18H,6,8-9,11-13H2,1-5H3,(H,27,28). The molecule has 0 aliphatic carbocycles. The van der Waals surface area contributed by atoms with Crippen LogP contribution in [0.5, 0.6) is 17.2 Å². The molecule has 1 N–H and O–H groups in total. The van der Waals surface area contributed by atoms with Crippen molar-refractivity contribution < 1.29 is 33.0 Å². The first-order chi connectivity index (χ1) is 16.8. The number of hydrogen-bond acceptors (Lipinski definition) is 9. The number of rotatable bonds is 10. The molecule has 9 nitrogen and oxygen atoms in total. The number of halogens is 1. The Balaban J connectivity index is 1.65. The molecular formula is C25H34FN3O6. The van der Waals surface area contributed by atoms with Gasteiger partial charge in [-0.3, -0.25) is 0 Å². The van der Waals surface area contributed by atoms with E-state index in [1.165, 1.54) is 13.2 Å². The zero-order valence-electron chi connectivity index (χ0n) is 20.9. The number of ether oxygens (including phenoxy) is 4. The Hall–Kier alpha value is -3.27. The third-order valence-electron chi connectivity index (χ3n) is 5.30. The predicted octanol–water partition coefficient (Wildman–Crippen LogP) is 5.39. The van der Waals surface area contributed by atoms with Crippen molar-refractivity contribution in [3.8, 4) is 17.2 Å². The molecule has 1 saturated heterocycles. The highest BCUT2D eigenvalue weighted by atomic mass is 19.1. The van der Waals surface area contributed by atoms with Crippen LogP contribution in [0.25, 0.3) is 0 Å². The van der Waals surface area contributed by atoms with E-state index in [-0.39, 0.29) is 18.0 Å². The summed E-state index contributed by atoms with van der Waals surface area (Å²) in [7, 11) is 1.53. The highest BCUT2D eigenvalue weighted by molar-refractivity contribution is 5.69. The molecule has 0 bridgehead atoms. The van der Waals surface area contributed by atoms with Gasteiger partial charge in [0.15, 0.2) is 23.1 Å². The lowest BCUT2D eigenvalue weighted by Gasteiger charge is -2.30. The van der Waals surface area contributed by atoms with E-state index in [9.17, 15) is 9.18 Å². The fourth-order valence-electron chi connectivity index (χ4n) is 3.59. The Labute approximate surface area is 205 Å². The molecule has 1 aromatic heterocycles. The molecule has 0 unspecified atom stereocenters. The summed E-state index contributed by atoms with van der Waals surface area (Å²) in [4.78, 5) is 21.3. The number of anilines is 2. The van der Waals surface area contributed by atoms with Gasteiger partial charge in [0.2, 0.25) is 5.75 Å². The Morgan fingerprint density at radius 2 is 2.00 bits per heavy atom. The van der Waals surface area contributed by atoms with Crippen LogP contribution in [-0.4, -0.2) is 55.2 Å². The van der Waals surface area contributed by atoms with Gasteiger partial charge in [0.1, 0.15) is 6.10 Å². The van der Waals surface area contributed by atoms with Crippen LogP contribution >= 0.6 is 0 Å². The van der Waals surface area contributed by atoms with Crippen molar-refractivity contribution in [3.05, 3.63) is 35.8 Å². The first-order valence-electron chi connectivity index (χ1n) is 11.8. The van der Waals surface area contributed by atoms with E-state index in [4.69, 9.17) is 23.8 Å². The number of aryl methyl sites for hydroxylation is 1. The zero-order valence-corrected chi connectivity index (χ0v) is 20.9. The van der Waals surface area contributed by atoms with Crippen LogP contribution in [0.4, 0.5) is 20.7 Å². The first kappa shape index (κ1) is 26.3. The van der Waals surface area contributed by atoms with Crippen molar-refractivity contribution in [1.29, 1.82) is 0 Å². The van der Waals surface area contributed by atoms with Gasteiger partial charge in [-0.2, -0.15) is 0 Å². The number of hydrogen-bond donors (Lipinski definition) is 1. The molecule has 0 amide bonds. The quantitative estimate of drug-likeness (QED) is 0.439. The lowest BCUT2D eigenvalue weighted by atomic mass is 10.1. The van der Waals surface area contributed by atoms with E-state index in [0.29, 0.717) is 55.5 Å². The number of piperidine rings is 1. The van der Waals surface area contributed by atoms with Gasteiger partial charge in [-0.25, -0.2) is 14.2 Å². The average Bonchev–Trinajstić information content (AvgIpc) is 2.81. The summed E-state index contributed by atoms with van der Waals surface area (Å²) in [5, 5.41) is 4.72. The minimum absolute atomic E-state index is 0.103. The molecule has 1 aliphatic heterocycles. The molecule has 3 rings (SSSR count). The summed E-state index contributed by atoms with van der Waals surface area (Å²) >= 11 is 0. The molecule has 0 atom stereocenters. The Morgan fingerprint density at radius 1 is 1.26 bits per heavy atom. The maximum atomic E-state index is 14.5. The smallest absolute Gasteiger partial charge is 0.491 e. The highest BCUT2D eigenvalue weighted by Crippen LogP contribution is 2.37. The normalized spacial score (nSPS) is 14.5. The molecule has 1 aromatic carbocycles. The summed E-state index contributed by atoms with van der Waals surface area (Å²) in [6.45, 7) is 8.84. The molecule has 0 spiro atoms. The van der Waals surface area contributed by atoms with Gasteiger partial charge in [0.05, 0.1) is 19.8 Å². The first-order valence-corrected chi connectivity index (χ1v) is 11.8. The highest BCUT2D eigenvalue weighted by Gasteiger charge is 2.26. The Morgan fingerprint density at radius 3 is 2.66 bits per heavy atom. The van der Waals surface area contributed by atoms with Crippen molar-refractivity contribution in [3.63, 3.8) is 0 Å². The molecule has 2 heterocycles. The number of pyridine rings is 1. The third kappa shape index (κ3) is 7.35. The average molecular weight is 492 g/mol. The molecule has 0 saturated carbocycles. The minimum atomic E-state index is -0.706. The van der Waals surface area contributed by atoms with E-state index in [1.54, 1.807) is 37.2 Å². The lowest BCUT2D eigenvalue weighted by Crippen LogP contribution is -2.39. The van der Waals surface area contributed by atoms with Gasteiger partial charge < -0.3 is 29.1 Å². The molecule has 192 valence electrons. The van der Waals surface area contributed by atoms with Gasteiger partial charge in [-0.1, -0.05) is 6.92 Å². The molecule has 0 radical (unpaired) electrons. The SMILES string of the molecule is CCCOc1cc(C)c(Nc2nccc(OC3CCN(OC(=O)OC(C)C)CC3)c2OC)cc1F. The van der Waals surface area contributed by atoms with Gasteiger partial charge in [0, 0.05) is 49.9 Å². The fraction of sp³-hybridized carbons (Fsp3) is 0.520.